The van der Waals surface area contributed by atoms with E-state index in [0.717, 1.165) is 31.2 Å². The molecular weight excluding hydrogens is 400 g/mol. The topological polar surface area (TPSA) is 69.6 Å². The van der Waals surface area contributed by atoms with Crippen LogP contribution in [0.2, 0.25) is 5.02 Å². The molecule has 1 aromatic rings. The Hall–Kier alpha value is -1.85. The van der Waals surface area contributed by atoms with E-state index in [9.17, 15) is 14.7 Å². The smallest absolute Gasteiger partial charge is 0.249 e. The number of likely N-dealkylation sites (tertiary alicyclic amines) is 1. The summed E-state index contributed by atoms with van der Waals surface area (Å²) in [6, 6.07) is 6.52. The Morgan fingerprint density at radius 1 is 1.23 bits per heavy atom. The van der Waals surface area contributed by atoms with Crippen molar-refractivity contribution in [1.29, 1.82) is 0 Å². The highest BCUT2D eigenvalue weighted by atomic mass is 35.5. The van der Waals surface area contributed by atoms with Gasteiger partial charge in [-0.05, 0) is 49.5 Å². The number of hydrogen-bond acceptors (Lipinski definition) is 3. The highest BCUT2D eigenvalue weighted by Crippen LogP contribution is 2.46. The molecule has 3 rings (SSSR count). The third kappa shape index (κ3) is 4.42. The molecule has 1 aliphatic heterocycles. The van der Waals surface area contributed by atoms with Gasteiger partial charge in [0.2, 0.25) is 11.8 Å². The van der Waals surface area contributed by atoms with Crippen molar-refractivity contribution >= 4 is 23.4 Å². The fraction of sp³-hybridized carbons (Fsp3) is 0.583. The first kappa shape index (κ1) is 22.8. The van der Waals surface area contributed by atoms with Crippen molar-refractivity contribution in [3.05, 3.63) is 47.0 Å². The van der Waals surface area contributed by atoms with Crippen molar-refractivity contribution in [3.8, 4) is 0 Å². The second-order valence-electron chi connectivity index (χ2n) is 9.53. The van der Waals surface area contributed by atoms with Crippen LogP contribution in [0.3, 0.4) is 0 Å². The van der Waals surface area contributed by atoms with Crippen molar-refractivity contribution in [2.75, 3.05) is 13.1 Å². The van der Waals surface area contributed by atoms with E-state index in [4.69, 9.17) is 11.6 Å². The number of nitrogens with one attached hydrogen (secondary N) is 1. The number of amides is 2. The van der Waals surface area contributed by atoms with Gasteiger partial charge in [0.15, 0.2) is 0 Å². The van der Waals surface area contributed by atoms with E-state index >= 15 is 0 Å². The maximum absolute atomic E-state index is 13.3. The number of benzene rings is 1. The van der Waals surface area contributed by atoms with Gasteiger partial charge in [0.1, 0.15) is 6.04 Å². The van der Waals surface area contributed by atoms with Crippen molar-refractivity contribution in [2.45, 2.75) is 64.5 Å². The number of aliphatic hydroxyl groups is 1. The molecule has 2 fully saturated rings. The second-order valence-corrected chi connectivity index (χ2v) is 9.97. The first-order chi connectivity index (χ1) is 14.0. The van der Waals surface area contributed by atoms with Gasteiger partial charge >= 0.3 is 0 Å². The summed E-state index contributed by atoms with van der Waals surface area (Å²) in [7, 11) is 0. The van der Waals surface area contributed by atoms with E-state index in [0.29, 0.717) is 30.1 Å². The molecule has 1 saturated carbocycles. The van der Waals surface area contributed by atoms with Gasteiger partial charge in [-0.25, -0.2) is 0 Å². The predicted molar refractivity (Wildman–Crippen MR) is 119 cm³/mol. The van der Waals surface area contributed by atoms with Crippen LogP contribution in [0.15, 0.2) is 36.4 Å². The lowest BCUT2D eigenvalue weighted by Gasteiger charge is -2.51. The van der Waals surface area contributed by atoms with Crippen molar-refractivity contribution in [1.82, 2.24) is 10.2 Å². The number of hydrogen-bond donors (Lipinski definition) is 2. The molecule has 5 nitrogen and oxygen atoms in total. The van der Waals surface area contributed by atoms with Crippen molar-refractivity contribution in [2.24, 2.45) is 11.3 Å². The average molecular weight is 433 g/mol. The number of rotatable bonds is 5. The SMILES string of the molecule is C=C(C)[C@@H](NC(=O)C1CCCC1)C(=O)N1CC[C@](O)(c2ccc(Cl)cc2)C(C)(C)C1. The Kier molecular flexibility index (Phi) is 6.63. The summed E-state index contributed by atoms with van der Waals surface area (Å²) in [6.07, 6.45) is 4.30. The highest BCUT2D eigenvalue weighted by molar-refractivity contribution is 6.30. The van der Waals surface area contributed by atoms with Crippen LogP contribution in [-0.4, -0.2) is 41.0 Å². The van der Waals surface area contributed by atoms with Gasteiger partial charge in [0.05, 0.1) is 5.60 Å². The minimum Gasteiger partial charge on any atom is -0.384 e. The highest BCUT2D eigenvalue weighted by Gasteiger charge is 2.50. The maximum atomic E-state index is 13.3. The van der Waals surface area contributed by atoms with Gasteiger partial charge in [0, 0.05) is 29.4 Å². The van der Waals surface area contributed by atoms with E-state index < -0.39 is 17.1 Å². The standard InChI is InChI=1S/C24H33ClN2O3/c1-16(2)20(26-21(28)17-7-5-6-8-17)22(29)27-14-13-24(30,23(3,4)15-27)18-9-11-19(25)12-10-18/h9-12,17,20,30H,1,5-8,13-15H2,2-4H3,(H,26,28)/t20-,24+/m1/s1. The molecule has 2 amide bonds. The van der Waals surface area contributed by atoms with Crippen molar-refractivity contribution in [3.63, 3.8) is 0 Å². The van der Waals surface area contributed by atoms with E-state index in [1.807, 2.05) is 26.0 Å². The van der Waals surface area contributed by atoms with E-state index in [1.54, 1.807) is 24.0 Å². The molecule has 164 valence electrons. The lowest BCUT2D eigenvalue weighted by atomic mass is 9.66. The summed E-state index contributed by atoms with van der Waals surface area (Å²) >= 11 is 6.01. The average Bonchev–Trinajstić information content (AvgIpc) is 3.22. The zero-order valence-corrected chi connectivity index (χ0v) is 19.0. The molecule has 0 spiro atoms. The zero-order valence-electron chi connectivity index (χ0n) is 18.2. The van der Waals surface area contributed by atoms with E-state index in [-0.39, 0.29) is 17.7 Å². The minimum atomic E-state index is -1.07. The van der Waals surface area contributed by atoms with Crippen LogP contribution in [0.1, 0.15) is 58.4 Å². The molecule has 1 aliphatic carbocycles. The van der Waals surface area contributed by atoms with Crippen molar-refractivity contribution < 1.29 is 14.7 Å². The molecule has 1 aromatic carbocycles. The summed E-state index contributed by atoms with van der Waals surface area (Å²) in [5, 5.41) is 15.1. The molecule has 1 heterocycles. The fourth-order valence-corrected chi connectivity index (χ4v) is 4.92. The Labute approximate surface area is 184 Å². The molecule has 2 N–H and O–H groups in total. The Morgan fingerprint density at radius 3 is 2.37 bits per heavy atom. The van der Waals surface area contributed by atoms with Gasteiger partial charge < -0.3 is 15.3 Å². The first-order valence-corrected chi connectivity index (χ1v) is 11.2. The fourth-order valence-electron chi connectivity index (χ4n) is 4.80. The van der Waals surface area contributed by atoms with Gasteiger partial charge in [-0.1, -0.05) is 57.0 Å². The van der Waals surface area contributed by atoms with Crippen LogP contribution in [0.25, 0.3) is 0 Å². The first-order valence-electron chi connectivity index (χ1n) is 10.8. The largest absolute Gasteiger partial charge is 0.384 e. The Bertz CT molecular complexity index is 814. The quantitative estimate of drug-likeness (QED) is 0.690. The molecule has 0 unspecified atom stereocenters. The summed E-state index contributed by atoms with van der Waals surface area (Å²) < 4.78 is 0. The van der Waals surface area contributed by atoms with Gasteiger partial charge in [-0.2, -0.15) is 0 Å². The second kappa shape index (κ2) is 8.72. The molecule has 6 heteroatoms. The molecule has 0 bridgehead atoms. The van der Waals surface area contributed by atoms with Crippen LogP contribution in [-0.2, 0) is 15.2 Å². The Morgan fingerprint density at radius 2 is 1.83 bits per heavy atom. The third-order valence-electron chi connectivity index (χ3n) is 6.84. The molecular formula is C24H33ClN2O3. The Balaban J connectivity index is 1.74. The summed E-state index contributed by atoms with van der Waals surface area (Å²) in [6.45, 7) is 10.4. The number of carbonyl (C=O) groups is 2. The monoisotopic (exact) mass is 432 g/mol. The normalized spacial score (nSPS) is 25.0. The number of piperidine rings is 1. The third-order valence-corrected chi connectivity index (χ3v) is 7.09. The van der Waals surface area contributed by atoms with Gasteiger partial charge in [-0.3, -0.25) is 9.59 Å². The number of carbonyl (C=O) groups excluding carboxylic acids is 2. The molecule has 0 radical (unpaired) electrons. The minimum absolute atomic E-state index is 0.00700. The van der Waals surface area contributed by atoms with Crippen LogP contribution in [0.4, 0.5) is 0 Å². The van der Waals surface area contributed by atoms with Crippen LogP contribution in [0, 0.1) is 11.3 Å². The summed E-state index contributed by atoms with van der Waals surface area (Å²) in [5.74, 6) is -0.213. The number of halogens is 1. The van der Waals surface area contributed by atoms with E-state index in [2.05, 4.69) is 11.9 Å². The summed E-state index contributed by atoms with van der Waals surface area (Å²) in [5.41, 5.74) is -0.220. The van der Waals surface area contributed by atoms with Crippen LogP contribution in [0.5, 0.6) is 0 Å². The van der Waals surface area contributed by atoms with Gasteiger partial charge in [0.25, 0.3) is 0 Å². The molecule has 30 heavy (non-hydrogen) atoms. The summed E-state index contributed by atoms with van der Waals surface area (Å²) in [4.78, 5) is 27.7. The molecule has 0 aromatic heterocycles. The van der Waals surface area contributed by atoms with E-state index in [1.165, 1.54) is 0 Å². The number of nitrogens with zero attached hydrogens (tertiary/aromatic N) is 1. The molecule has 2 atom stereocenters. The van der Waals surface area contributed by atoms with Crippen LogP contribution < -0.4 is 5.32 Å². The maximum Gasteiger partial charge on any atom is 0.249 e. The van der Waals surface area contributed by atoms with Crippen LogP contribution >= 0.6 is 11.6 Å². The lowest BCUT2D eigenvalue weighted by Crippen LogP contribution is -2.60. The molecule has 1 saturated heterocycles. The lowest BCUT2D eigenvalue weighted by molar-refractivity contribution is -0.155. The zero-order chi connectivity index (χ0) is 22.1. The predicted octanol–water partition coefficient (Wildman–Crippen LogP) is 4.04. The molecule has 2 aliphatic rings. The van der Waals surface area contributed by atoms with Gasteiger partial charge in [-0.15, -0.1) is 0 Å².